The van der Waals surface area contributed by atoms with Crippen LogP contribution in [-0.4, -0.2) is 22.9 Å². The van der Waals surface area contributed by atoms with Gasteiger partial charge in [-0.2, -0.15) is 5.10 Å². The molecule has 5 heteroatoms. The van der Waals surface area contributed by atoms with E-state index in [4.69, 9.17) is 0 Å². The quantitative estimate of drug-likeness (QED) is 0.830. The lowest BCUT2D eigenvalue weighted by Crippen LogP contribution is -2.29. The first-order valence-electron chi connectivity index (χ1n) is 9.78. The van der Waals surface area contributed by atoms with Gasteiger partial charge < -0.3 is 10.2 Å². The SMILES string of the molecule is CCC(NCc1ccc(N2CCCCC2)cc1F)c1c(C)nn(C)c1C. The van der Waals surface area contributed by atoms with E-state index in [-0.39, 0.29) is 11.9 Å². The van der Waals surface area contributed by atoms with E-state index < -0.39 is 0 Å². The Morgan fingerprint density at radius 2 is 1.92 bits per heavy atom. The van der Waals surface area contributed by atoms with Gasteiger partial charge in [-0.25, -0.2) is 4.39 Å². The van der Waals surface area contributed by atoms with Crippen LogP contribution in [0.1, 0.15) is 61.2 Å². The number of anilines is 1. The Morgan fingerprint density at radius 3 is 2.50 bits per heavy atom. The maximum Gasteiger partial charge on any atom is 0.129 e. The molecule has 1 aromatic heterocycles. The Hall–Kier alpha value is -1.88. The Morgan fingerprint density at radius 1 is 1.19 bits per heavy atom. The van der Waals surface area contributed by atoms with Gasteiger partial charge in [-0.15, -0.1) is 0 Å². The lowest BCUT2D eigenvalue weighted by Gasteiger charge is -2.29. The van der Waals surface area contributed by atoms with Gasteiger partial charge in [0.2, 0.25) is 0 Å². The number of aromatic nitrogens is 2. The first-order chi connectivity index (χ1) is 12.5. The summed E-state index contributed by atoms with van der Waals surface area (Å²) >= 11 is 0. The number of nitrogens with zero attached hydrogens (tertiary/aromatic N) is 3. The largest absolute Gasteiger partial charge is 0.371 e. The maximum atomic E-state index is 14.6. The highest BCUT2D eigenvalue weighted by molar-refractivity contribution is 5.48. The number of rotatable bonds is 6. The second kappa shape index (κ2) is 8.21. The summed E-state index contributed by atoms with van der Waals surface area (Å²) in [4.78, 5) is 2.29. The van der Waals surface area contributed by atoms with Crippen LogP contribution in [0, 0.1) is 19.7 Å². The second-order valence-corrected chi connectivity index (χ2v) is 7.37. The maximum absolute atomic E-state index is 14.6. The first-order valence-corrected chi connectivity index (χ1v) is 9.78. The van der Waals surface area contributed by atoms with Crippen LogP contribution in [0.2, 0.25) is 0 Å². The molecule has 1 N–H and O–H groups in total. The van der Waals surface area contributed by atoms with Crippen molar-refractivity contribution in [2.24, 2.45) is 7.05 Å². The van der Waals surface area contributed by atoms with Crippen molar-refractivity contribution in [2.45, 2.75) is 59.0 Å². The van der Waals surface area contributed by atoms with E-state index in [0.29, 0.717) is 6.54 Å². The fourth-order valence-corrected chi connectivity index (χ4v) is 4.01. The molecule has 1 aliphatic rings. The summed E-state index contributed by atoms with van der Waals surface area (Å²) in [5.74, 6) is -0.116. The average Bonchev–Trinajstić information content (AvgIpc) is 2.90. The van der Waals surface area contributed by atoms with Gasteiger partial charge in [-0.3, -0.25) is 4.68 Å². The van der Waals surface area contributed by atoms with Gasteiger partial charge in [-0.05, 0) is 51.7 Å². The number of halogens is 1. The molecule has 0 bridgehead atoms. The van der Waals surface area contributed by atoms with E-state index in [9.17, 15) is 4.39 Å². The predicted molar refractivity (Wildman–Crippen MR) is 105 cm³/mol. The van der Waals surface area contributed by atoms with Crippen molar-refractivity contribution in [3.63, 3.8) is 0 Å². The smallest absolute Gasteiger partial charge is 0.129 e. The van der Waals surface area contributed by atoms with Crippen LogP contribution in [0.15, 0.2) is 18.2 Å². The Labute approximate surface area is 156 Å². The summed E-state index contributed by atoms with van der Waals surface area (Å²) in [5.41, 5.74) is 5.19. The third kappa shape index (κ3) is 3.93. The molecule has 2 heterocycles. The molecule has 142 valence electrons. The van der Waals surface area contributed by atoms with Gasteiger partial charge in [0.25, 0.3) is 0 Å². The number of aryl methyl sites for hydroxylation is 2. The zero-order valence-corrected chi connectivity index (χ0v) is 16.5. The Kier molecular flexibility index (Phi) is 5.97. The van der Waals surface area contributed by atoms with E-state index in [1.54, 1.807) is 6.07 Å². The monoisotopic (exact) mass is 358 g/mol. The molecule has 1 saturated heterocycles. The highest BCUT2D eigenvalue weighted by Crippen LogP contribution is 2.26. The van der Waals surface area contributed by atoms with E-state index in [1.807, 2.05) is 24.7 Å². The van der Waals surface area contributed by atoms with E-state index in [2.05, 4.69) is 35.2 Å². The van der Waals surface area contributed by atoms with Crippen molar-refractivity contribution in [1.29, 1.82) is 0 Å². The third-order valence-corrected chi connectivity index (χ3v) is 5.62. The van der Waals surface area contributed by atoms with Crippen LogP contribution >= 0.6 is 0 Å². The second-order valence-electron chi connectivity index (χ2n) is 7.37. The van der Waals surface area contributed by atoms with E-state index in [0.717, 1.165) is 36.5 Å². The summed E-state index contributed by atoms with van der Waals surface area (Å²) in [5, 5.41) is 8.04. The van der Waals surface area contributed by atoms with Crippen LogP contribution in [-0.2, 0) is 13.6 Å². The lowest BCUT2D eigenvalue weighted by atomic mass is 10.0. The van der Waals surface area contributed by atoms with Crippen molar-refractivity contribution >= 4 is 5.69 Å². The molecule has 1 aromatic carbocycles. The molecule has 26 heavy (non-hydrogen) atoms. The van der Waals surface area contributed by atoms with Gasteiger partial charge in [0, 0.05) is 55.2 Å². The van der Waals surface area contributed by atoms with Crippen molar-refractivity contribution in [3.05, 3.63) is 46.5 Å². The summed E-state index contributed by atoms with van der Waals surface area (Å²) in [6.45, 7) is 8.88. The minimum absolute atomic E-state index is 0.116. The molecule has 3 rings (SSSR count). The zero-order chi connectivity index (χ0) is 18.7. The molecule has 0 amide bonds. The molecule has 1 aliphatic heterocycles. The zero-order valence-electron chi connectivity index (χ0n) is 16.5. The van der Waals surface area contributed by atoms with Crippen LogP contribution in [0.25, 0.3) is 0 Å². The molecule has 2 aromatic rings. The van der Waals surface area contributed by atoms with Gasteiger partial charge in [-0.1, -0.05) is 13.0 Å². The highest BCUT2D eigenvalue weighted by Gasteiger charge is 2.19. The Bertz CT molecular complexity index is 747. The molecular weight excluding hydrogens is 327 g/mol. The molecular formula is C21H31FN4. The lowest BCUT2D eigenvalue weighted by molar-refractivity contribution is 0.500. The van der Waals surface area contributed by atoms with Crippen molar-refractivity contribution in [3.8, 4) is 0 Å². The average molecular weight is 359 g/mol. The molecule has 0 saturated carbocycles. The first kappa shape index (κ1) is 18.9. The molecule has 1 fully saturated rings. The van der Waals surface area contributed by atoms with Crippen LogP contribution < -0.4 is 10.2 Å². The van der Waals surface area contributed by atoms with Gasteiger partial charge in [0.1, 0.15) is 5.82 Å². The fraction of sp³-hybridized carbons (Fsp3) is 0.571. The summed E-state index contributed by atoms with van der Waals surface area (Å²) in [7, 11) is 1.97. The van der Waals surface area contributed by atoms with Crippen LogP contribution in [0.5, 0.6) is 0 Å². The normalized spacial score (nSPS) is 16.1. The molecule has 0 spiro atoms. The number of hydrogen-bond donors (Lipinski definition) is 1. The summed E-state index contributed by atoms with van der Waals surface area (Å²) < 4.78 is 16.6. The van der Waals surface area contributed by atoms with Gasteiger partial charge >= 0.3 is 0 Å². The third-order valence-electron chi connectivity index (χ3n) is 5.62. The Balaban J connectivity index is 1.70. The molecule has 1 atom stereocenters. The molecule has 0 radical (unpaired) electrons. The van der Waals surface area contributed by atoms with Crippen LogP contribution in [0.3, 0.4) is 0 Å². The summed E-state index contributed by atoms with van der Waals surface area (Å²) in [6.07, 6.45) is 4.63. The number of nitrogens with one attached hydrogen (secondary N) is 1. The topological polar surface area (TPSA) is 33.1 Å². The standard InChI is InChI=1S/C21H31FN4/c1-5-20(21-15(2)24-25(4)16(21)3)23-14-17-9-10-18(13-19(17)22)26-11-7-6-8-12-26/h9-10,13,20,23H,5-8,11-12,14H2,1-4H3. The van der Waals surface area contributed by atoms with E-state index in [1.165, 1.54) is 30.5 Å². The van der Waals surface area contributed by atoms with Gasteiger partial charge in [0.05, 0.1) is 5.69 Å². The number of hydrogen-bond acceptors (Lipinski definition) is 3. The predicted octanol–water partition coefficient (Wildman–Crippen LogP) is 4.41. The minimum atomic E-state index is -0.116. The number of piperidine rings is 1. The van der Waals surface area contributed by atoms with E-state index >= 15 is 0 Å². The van der Waals surface area contributed by atoms with Crippen molar-refractivity contribution < 1.29 is 4.39 Å². The fourth-order valence-electron chi connectivity index (χ4n) is 4.01. The molecule has 0 aliphatic carbocycles. The minimum Gasteiger partial charge on any atom is -0.371 e. The van der Waals surface area contributed by atoms with Crippen molar-refractivity contribution in [2.75, 3.05) is 18.0 Å². The van der Waals surface area contributed by atoms with Crippen molar-refractivity contribution in [1.82, 2.24) is 15.1 Å². The summed E-state index contributed by atoms with van der Waals surface area (Å²) in [6, 6.07) is 5.88. The molecule has 1 unspecified atom stereocenters. The van der Waals surface area contributed by atoms with Crippen LogP contribution in [0.4, 0.5) is 10.1 Å². The highest BCUT2D eigenvalue weighted by atomic mass is 19.1. The van der Waals surface area contributed by atoms with Gasteiger partial charge in [0.15, 0.2) is 0 Å². The number of benzene rings is 1. The molecule has 4 nitrogen and oxygen atoms in total.